The van der Waals surface area contributed by atoms with E-state index in [4.69, 9.17) is 0 Å². The van der Waals surface area contributed by atoms with E-state index in [1.165, 1.54) is 11.8 Å². The van der Waals surface area contributed by atoms with Gasteiger partial charge in [0.2, 0.25) is 0 Å². The zero-order chi connectivity index (χ0) is 17.1. The van der Waals surface area contributed by atoms with E-state index in [9.17, 15) is 9.90 Å². The molecule has 4 nitrogen and oxygen atoms in total. The van der Waals surface area contributed by atoms with Gasteiger partial charge in [-0.2, -0.15) is 0 Å². The highest BCUT2D eigenvalue weighted by atomic mass is 32.2. The highest BCUT2D eigenvalue weighted by Gasteiger charge is 2.14. The Morgan fingerprint density at radius 2 is 2.04 bits per heavy atom. The minimum absolute atomic E-state index is 0.167. The number of benzene rings is 2. The Labute approximate surface area is 145 Å². The van der Waals surface area contributed by atoms with Crippen molar-refractivity contribution < 1.29 is 9.90 Å². The molecule has 1 amide bonds. The molecule has 0 bridgehead atoms. The third kappa shape index (κ3) is 3.32. The minimum Gasteiger partial charge on any atom is -0.387 e. The maximum atomic E-state index is 12.3. The standard InChI is InChI=1S/C19H20N2O2S/c1-21-10-9-13-11-14(7-8-16(13)21)17(22)12-20-19(23)15-5-3-4-6-18(15)24-2/h3-11,17,22H,12H2,1-2H3,(H,20,23)/t17-/m0/s1. The predicted molar refractivity (Wildman–Crippen MR) is 98.4 cm³/mol. The molecular weight excluding hydrogens is 320 g/mol. The van der Waals surface area contributed by atoms with Gasteiger partial charge in [-0.1, -0.05) is 18.2 Å². The molecule has 24 heavy (non-hydrogen) atoms. The number of hydrogen-bond acceptors (Lipinski definition) is 3. The second kappa shape index (κ2) is 7.11. The molecule has 0 radical (unpaired) electrons. The molecule has 2 N–H and O–H groups in total. The molecule has 5 heteroatoms. The summed E-state index contributed by atoms with van der Waals surface area (Å²) in [4.78, 5) is 13.3. The number of aliphatic hydroxyl groups excluding tert-OH is 1. The highest BCUT2D eigenvalue weighted by Crippen LogP contribution is 2.22. The number of amides is 1. The van der Waals surface area contributed by atoms with E-state index in [2.05, 4.69) is 5.32 Å². The molecule has 0 aliphatic carbocycles. The molecule has 1 heterocycles. The van der Waals surface area contributed by atoms with Gasteiger partial charge < -0.3 is 15.0 Å². The van der Waals surface area contributed by atoms with Crippen LogP contribution in [-0.2, 0) is 7.05 Å². The minimum atomic E-state index is -0.736. The number of nitrogens with zero attached hydrogens (tertiary/aromatic N) is 1. The lowest BCUT2D eigenvalue weighted by molar-refractivity contribution is 0.0913. The first-order valence-electron chi connectivity index (χ1n) is 7.74. The fraction of sp³-hybridized carbons (Fsp3) is 0.211. The lowest BCUT2D eigenvalue weighted by Gasteiger charge is -2.14. The maximum absolute atomic E-state index is 12.3. The van der Waals surface area contributed by atoms with Crippen LogP contribution in [-0.4, -0.2) is 28.4 Å². The number of thioether (sulfide) groups is 1. The van der Waals surface area contributed by atoms with Gasteiger partial charge in [-0.3, -0.25) is 4.79 Å². The van der Waals surface area contributed by atoms with Crippen molar-refractivity contribution in [2.45, 2.75) is 11.0 Å². The zero-order valence-electron chi connectivity index (χ0n) is 13.7. The summed E-state index contributed by atoms with van der Waals surface area (Å²) in [7, 11) is 1.99. The quantitative estimate of drug-likeness (QED) is 0.700. The van der Waals surface area contributed by atoms with Crippen LogP contribution in [0.4, 0.5) is 0 Å². The first-order chi connectivity index (χ1) is 11.6. The van der Waals surface area contributed by atoms with Gasteiger partial charge in [-0.25, -0.2) is 0 Å². The van der Waals surface area contributed by atoms with Crippen LogP contribution in [0.1, 0.15) is 22.0 Å². The average Bonchev–Trinajstić information content (AvgIpc) is 2.99. The van der Waals surface area contributed by atoms with Crippen LogP contribution in [0.3, 0.4) is 0 Å². The third-order valence-electron chi connectivity index (χ3n) is 4.10. The van der Waals surface area contributed by atoms with Crippen molar-refractivity contribution >= 4 is 28.6 Å². The molecule has 1 aromatic heterocycles. The van der Waals surface area contributed by atoms with Crippen molar-refractivity contribution in [2.75, 3.05) is 12.8 Å². The number of carbonyl (C=O) groups excluding carboxylic acids is 1. The Kier molecular flexibility index (Phi) is 4.92. The molecule has 0 saturated carbocycles. The van der Waals surface area contributed by atoms with Gasteiger partial charge in [0, 0.05) is 30.2 Å². The first-order valence-corrected chi connectivity index (χ1v) is 8.97. The SMILES string of the molecule is CSc1ccccc1C(=O)NC[C@H](O)c1ccc2c(ccn2C)c1. The number of aryl methyl sites for hydroxylation is 1. The van der Waals surface area contributed by atoms with E-state index in [0.717, 1.165) is 21.4 Å². The van der Waals surface area contributed by atoms with E-state index in [1.54, 1.807) is 6.07 Å². The highest BCUT2D eigenvalue weighted by molar-refractivity contribution is 7.98. The Morgan fingerprint density at radius 1 is 1.25 bits per heavy atom. The van der Waals surface area contributed by atoms with Gasteiger partial charge in [0.15, 0.2) is 0 Å². The van der Waals surface area contributed by atoms with Crippen molar-refractivity contribution in [3.63, 3.8) is 0 Å². The number of hydrogen-bond donors (Lipinski definition) is 2. The monoisotopic (exact) mass is 340 g/mol. The number of carbonyl (C=O) groups is 1. The molecule has 1 atom stereocenters. The van der Waals surface area contributed by atoms with Crippen LogP contribution in [0, 0.1) is 0 Å². The fourth-order valence-electron chi connectivity index (χ4n) is 2.74. The Bertz CT molecular complexity index is 873. The number of aliphatic hydroxyl groups is 1. The molecule has 0 aliphatic heterocycles. The van der Waals surface area contributed by atoms with Crippen LogP contribution < -0.4 is 5.32 Å². The van der Waals surface area contributed by atoms with E-state index in [0.29, 0.717) is 5.56 Å². The molecule has 124 valence electrons. The van der Waals surface area contributed by atoms with E-state index < -0.39 is 6.10 Å². The number of rotatable bonds is 5. The largest absolute Gasteiger partial charge is 0.387 e. The second-order valence-electron chi connectivity index (χ2n) is 5.67. The zero-order valence-corrected chi connectivity index (χ0v) is 14.5. The van der Waals surface area contributed by atoms with E-state index in [-0.39, 0.29) is 12.5 Å². The summed E-state index contributed by atoms with van der Waals surface area (Å²) in [5.41, 5.74) is 2.55. The molecule has 3 rings (SSSR count). The molecule has 0 saturated heterocycles. The summed E-state index contributed by atoms with van der Waals surface area (Å²) in [6.45, 7) is 0.180. The molecule has 0 spiro atoms. The second-order valence-corrected chi connectivity index (χ2v) is 6.52. The summed E-state index contributed by atoms with van der Waals surface area (Å²) in [6, 6.07) is 15.3. The smallest absolute Gasteiger partial charge is 0.252 e. The Morgan fingerprint density at radius 3 is 2.83 bits per heavy atom. The molecule has 2 aromatic carbocycles. The maximum Gasteiger partial charge on any atom is 0.252 e. The van der Waals surface area contributed by atoms with Crippen molar-refractivity contribution in [3.8, 4) is 0 Å². The van der Waals surface area contributed by atoms with E-state index >= 15 is 0 Å². The lowest BCUT2D eigenvalue weighted by atomic mass is 10.1. The van der Waals surface area contributed by atoms with Crippen molar-refractivity contribution in [2.24, 2.45) is 7.05 Å². The summed E-state index contributed by atoms with van der Waals surface area (Å²) < 4.78 is 2.03. The van der Waals surface area contributed by atoms with Crippen LogP contribution in [0.15, 0.2) is 59.6 Å². The average molecular weight is 340 g/mol. The summed E-state index contributed by atoms with van der Waals surface area (Å²) in [6.07, 6.45) is 3.19. The van der Waals surface area contributed by atoms with Crippen LogP contribution in [0.2, 0.25) is 0 Å². The van der Waals surface area contributed by atoms with Gasteiger partial charge in [-0.05, 0) is 47.5 Å². The van der Waals surface area contributed by atoms with Gasteiger partial charge >= 0.3 is 0 Å². The Balaban J connectivity index is 1.69. The predicted octanol–water partition coefficient (Wildman–Crippen LogP) is 3.36. The summed E-state index contributed by atoms with van der Waals surface area (Å²) in [5, 5.41) is 14.3. The van der Waals surface area contributed by atoms with Gasteiger partial charge in [0.25, 0.3) is 5.91 Å². The molecule has 0 aliphatic rings. The number of fused-ring (bicyclic) bond motifs is 1. The number of aromatic nitrogens is 1. The van der Waals surface area contributed by atoms with Crippen LogP contribution in [0.25, 0.3) is 10.9 Å². The van der Waals surface area contributed by atoms with Crippen LogP contribution >= 0.6 is 11.8 Å². The van der Waals surface area contributed by atoms with Crippen molar-refractivity contribution in [1.29, 1.82) is 0 Å². The molecule has 3 aromatic rings. The number of nitrogens with one attached hydrogen (secondary N) is 1. The lowest BCUT2D eigenvalue weighted by Crippen LogP contribution is -2.28. The molecule has 0 fully saturated rings. The topological polar surface area (TPSA) is 54.3 Å². The van der Waals surface area contributed by atoms with Gasteiger partial charge in [0.05, 0.1) is 11.7 Å². The molecule has 0 unspecified atom stereocenters. The summed E-state index contributed by atoms with van der Waals surface area (Å²) in [5.74, 6) is -0.167. The molecular formula is C19H20N2O2S. The third-order valence-corrected chi connectivity index (χ3v) is 4.90. The van der Waals surface area contributed by atoms with Crippen LogP contribution in [0.5, 0.6) is 0 Å². The normalized spacial score (nSPS) is 12.3. The van der Waals surface area contributed by atoms with Gasteiger partial charge in [0.1, 0.15) is 0 Å². The van der Waals surface area contributed by atoms with E-state index in [1.807, 2.05) is 66.5 Å². The summed E-state index contributed by atoms with van der Waals surface area (Å²) >= 11 is 1.53. The fourth-order valence-corrected chi connectivity index (χ4v) is 3.34. The van der Waals surface area contributed by atoms with Crippen molar-refractivity contribution in [3.05, 3.63) is 65.9 Å². The Hall–Kier alpha value is -2.24. The van der Waals surface area contributed by atoms with Crippen molar-refractivity contribution in [1.82, 2.24) is 9.88 Å². The van der Waals surface area contributed by atoms with Gasteiger partial charge in [-0.15, -0.1) is 11.8 Å². The first kappa shape index (κ1) is 16.6.